The zero-order chi connectivity index (χ0) is 26.3. The van der Waals surface area contributed by atoms with Crippen molar-refractivity contribution in [2.45, 2.75) is 43.2 Å². The molecule has 0 bridgehead atoms. The monoisotopic (exact) mass is 507 g/mol. The molecule has 1 fully saturated rings. The van der Waals surface area contributed by atoms with Crippen LogP contribution in [0, 0.1) is 23.1 Å². The zero-order valence-electron chi connectivity index (χ0n) is 18.6. The lowest BCUT2D eigenvalue weighted by Gasteiger charge is -2.47. The number of halogens is 4. The van der Waals surface area contributed by atoms with E-state index in [9.17, 15) is 22.7 Å². The number of carbonyl (C=O) groups is 1. The van der Waals surface area contributed by atoms with Gasteiger partial charge in [-0.25, -0.2) is 14.2 Å². The molecule has 2 aromatic rings. The SMILES string of the molecule is N#Cc1cccc(-c2ccc3c(c2)C2(COC(N)=N2)[C@H]2C[C@@H](O)CC[C@@H]2O3)c1F.O=C(O)C(F)(F)F. The first kappa shape index (κ1) is 25.2. The van der Waals surface area contributed by atoms with Gasteiger partial charge in [-0.05, 0) is 43.0 Å². The highest BCUT2D eigenvalue weighted by Gasteiger charge is 2.55. The Morgan fingerprint density at radius 3 is 2.58 bits per heavy atom. The number of carboxylic acids is 1. The Hall–Kier alpha value is -3.85. The standard InChI is InChI=1S/C22H20FN3O3.C2HF3O2/c23-20-13(10-24)2-1-3-15(20)12-4-6-18-16(8-12)22(11-28-21(25)26-22)17-9-14(27)5-7-19(17)29-18;3-2(4,5)1(6)7/h1-4,6,8,14,17,19,27H,5,7,9,11H2,(H2,25,26);(H,6,7)/t14-,17-,19-,22?;/m0./s1. The van der Waals surface area contributed by atoms with Gasteiger partial charge in [0.25, 0.3) is 6.02 Å². The number of hydrogen-bond acceptors (Lipinski definition) is 7. The highest BCUT2D eigenvalue weighted by Crippen LogP contribution is 2.53. The lowest BCUT2D eigenvalue weighted by Crippen LogP contribution is -2.51. The third-order valence-corrected chi connectivity index (χ3v) is 6.52. The predicted octanol–water partition coefficient (Wildman–Crippen LogP) is 3.46. The summed E-state index contributed by atoms with van der Waals surface area (Å²) in [5, 5.41) is 26.6. The molecule has 2 aromatic carbocycles. The molecule has 0 amide bonds. The number of nitrogens with zero attached hydrogens (tertiary/aromatic N) is 2. The number of carboxylic acid groups (broad SMARTS) is 1. The van der Waals surface area contributed by atoms with E-state index in [0.717, 1.165) is 12.0 Å². The lowest BCUT2D eigenvalue weighted by molar-refractivity contribution is -0.192. The Balaban J connectivity index is 0.000000384. The number of benzene rings is 2. The van der Waals surface area contributed by atoms with Crippen molar-refractivity contribution < 1.29 is 42.0 Å². The number of amidine groups is 1. The van der Waals surface area contributed by atoms with Crippen molar-refractivity contribution in [1.82, 2.24) is 0 Å². The molecule has 36 heavy (non-hydrogen) atoms. The molecule has 1 spiro atoms. The second kappa shape index (κ2) is 9.31. The van der Waals surface area contributed by atoms with Crippen LogP contribution in [0.3, 0.4) is 0 Å². The summed E-state index contributed by atoms with van der Waals surface area (Å²) in [5.41, 5.74) is 6.84. The molecule has 2 heterocycles. The van der Waals surface area contributed by atoms with Gasteiger partial charge in [-0.3, -0.25) is 0 Å². The molecule has 1 saturated carbocycles. The Morgan fingerprint density at radius 2 is 1.97 bits per heavy atom. The van der Waals surface area contributed by atoms with Crippen LogP contribution in [-0.2, 0) is 15.1 Å². The van der Waals surface area contributed by atoms with Gasteiger partial charge in [0.1, 0.15) is 35.9 Å². The van der Waals surface area contributed by atoms with Gasteiger partial charge in [0.2, 0.25) is 0 Å². The molecule has 1 unspecified atom stereocenters. The predicted molar refractivity (Wildman–Crippen MR) is 117 cm³/mol. The first-order valence-electron chi connectivity index (χ1n) is 10.9. The number of nitriles is 1. The van der Waals surface area contributed by atoms with E-state index in [1.165, 1.54) is 6.07 Å². The molecule has 190 valence electrons. The minimum absolute atomic E-state index is 0.00637. The number of aliphatic hydroxyl groups is 1. The normalized spacial score (nSPS) is 26.2. The first-order valence-corrected chi connectivity index (χ1v) is 10.9. The van der Waals surface area contributed by atoms with E-state index in [0.29, 0.717) is 29.7 Å². The summed E-state index contributed by atoms with van der Waals surface area (Å²) in [5.74, 6) is -2.74. The third-order valence-electron chi connectivity index (χ3n) is 6.52. The summed E-state index contributed by atoms with van der Waals surface area (Å²) in [7, 11) is 0. The third kappa shape index (κ3) is 4.54. The van der Waals surface area contributed by atoms with Crippen LogP contribution in [0.15, 0.2) is 41.4 Å². The fourth-order valence-corrected chi connectivity index (χ4v) is 4.88. The molecule has 0 saturated heterocycles. The van der Waals surface area contributed by atoms with Gasteiger partial charge >= 0.3 is 12.1 Å². The van der Waals surface area contributed by atoms with Crippen LogP contribution in [0.1, 0.15) is 30.4 Å². The topological polar surface area (TPSA) is 138 Å². The van der Waals surface area contributed by atoms with Crippen LogP contribution in [0.5, 0.6) is 5.75 Å². The van der Waals surface area contributed by atoms with Gasteiger partial charge in [0.05, 0.1) is 11.7 Å². The number of aliphatic carboxylic acids is 1. The maximum absolute atomic E-state index is 14.8. The molecular weight excluding hydrogens is 486 g/mol. The molecule has 8 nitrogen and oxygen atoms in total. The number of alkyl halides is 3. The van der Waals surface area contributed by atoms with Gasteiger partial charge in [-0.1, -0.05) is 18.2 Å². The van der Waals surface area contributed by atoms with E-state index in [1.54, 1.807) is 18.2 Å². The van der Waals surface area contributed by atoms with Crippen LogP contribution < -0.4 is 10.5 Å². The number of aliphatic hydroxyl groups excluding tert-OH is 1. The van der Waals surface area contributed by atoms with E-state index in [4.69, 9.17) is 30.4 Å². The van der Waals surface area contributed by atoms with Crippen molar-refractivity contribution in [1.29, 1.82) is 5.26 Å². The molecule has 3 aliphatic rings. The molecule has 12 heteroatoms. The second-order valence-corrected chi connectivity index (χ2v) is 8.69. The Bertz CT molecular complexity index is 1260. The van der Waals surface area contributed by atoms with E-state index >= 15 is 0 Å². The van der Waals surface area contributed by atoms with Gasteiger partial charge in [-0.2, -0.15) is 18.4 Å². The average molecular weight is 507 g/mol. The average Bonchev–Trinajstić information content (AvgIpc) is 3.22. The number of ether oxygens (including phenoxy) is 2. The van der Waals surface area contributed by atoms with Crippen LogP contribution in [-0.4, -0.2) is 47.2 Å². The van der Waals surface area contributed by atoms with Crippen molar-refractivity contribution in [2.24, 2.45) is 16.6 Å². The highest BCUT2D eigenvalue weighted by molar-refractivity contribution is 5.76. The summed E-state index contributed by atoms with van der Waals surface area (Å²) < 4.78 is 58.3. The largest absolute Gasteiger partial charge is 0.490 e. The molecule has 4 atom stereocenters. The van der Waals surface area contributed by atoms with Crippen LogP contribution >= 0.6 is 0 Å². The van der Waals surface area contributed by atoms with Crippen molar-refractivity contribution in [2.75, 3.05) is 6.61 Å². The summed E-state index contributed by atoms with van der Waals surface area (Å²) in [4.78, 5) is 13.6. The van der Waals surface area contributed by atoms with Crippen LogP contribution in [0.2, 0.25) is 0 Å². The van der Waals surface area contributed by atoms with Gasteiger partial charge in [-0.15, -0.1) is 0 Å². The maximum Gasteiger partial charge on any atom is 0.490 e. The first-order chi connectivity index (χ1) is 17.0. The smallest absolute Gasteiger partial charge is 0.490 e. The molecule has 1 aliphatic carbocycles. The molecule has 0 aromatic heterocycles. The molecule has 2 aliphatic heterocycles. The number of hydrogen-bond donors (Lipinski definition) is 3. The quantitative estimate of drug-likeness (QED) is 0.503. The van der Waals surface area contributed by atoms with Crippen molar-refractivity contribution in [3.63, 3.8) is 0 Å². The van der Waals surface area contributed by atoms with Crippen LogP contribution in [0.4, 0.5) is 17.6 Å². The molecule has 0 radical (unpaired) electrons. The molecular formula is C24H21F4N3O5. The Labute approximate surface area is 202 Å². The minimum atomic E-state index is -5.08. The summed E-state index contributed by atoms with van der Waals surface area (Å²) in [6.07, 6.45) is -3.66. The maximum atomic E-state index is 14.8. The Morgan fingerprint density at radius 1 is 1.25 bits per heavy atom. The number of aliphatic imine (C=N–C) groups is 1. The Kier molecular flexibility index (Phi) is 6.53. The van der Waals surface area contributed by atoms with E-state index in [-0.39, 0.29) is 30.2 Å². The van der Waals surface area contributed by atoms with Crippen molar-refractivity contribution >= 4 is 12.0 Å². The zero-order valence-corrected chi connectivity index (χ0v) is 18.6. The summed E-state index contributed by atoms with van der Waals surface area (Å²) in [6, 6.07) is 12.2. The van der Waals surface area contributed by atoms with Gasteiger partial charge in [0, 0.05) is 17.0 Å². The van der Waals surface area contributed by atoms with E-state index in [1.807, 2.05) is 18.2 Å². The molecule has 5 rings (SSSR count). The lowest BCUT2D eigenvalue weighted by atomic mass is 9.67. The highest BCUT2D eigenvalue weighted by atomic mass is 19.4. The molecule has 4 N–H and O–H groups in total. The van der Waals surface area contributed by atoms with Gasteiger partial charge < -0.3 is 25.4 Å². The fraction of sp³-hybridized carbons (Fsp3) is 0.375. The summed E-state index contributed by atoms with van der Waals surface area (Å²) >= 11 is 0. The van der Waals surface area contributed by atoms with Crippen molar-refractivity contribution in [3.05, 3.63) is 53.3 Å². The summed E-state index contributed by atoms with van der Waals surface area (Å²) in [6.45, 7) is 0.257. The number of fused-ring (bicyclic) bond motifs is 4. The van der Waals surface area contributed by atoms with Crippen molar-refractivity contribution in [3.8, 4) is 22.9 Å². The fourth-order valence-electron chi connectivity index (χ4n) is 4.88. The van der Waals surface area contributed by atoms with Crippen LogP contribution in [0.25, 0.3) is 11.1 Å². The van der Waals surface area contributed by atoms with Gasteiger partial charge in [0.15, 0.2) is 0 Å². The number of rotatable bonds is 1. The second-order valence-electron chi connectivity index (χ2n) is 8.69. The van der Waals surface area contributed by atoms with E-state index < -0.39 is 29.6 Å². The van der Waals surface area contributed by atoms with E-state index in [2.05, 4.69) is 4.99 Å². The minimum Gasteiger partial charge on any atom is -0.490 e. The number of nitrogens with two attached hydrogens (primary N) is 1.